The number of pyridine rings is 1. The zero-order chi connectivity index (χ0) is 13.7. The number of piperidine rings is 1. The van der Waals surface area contributed by atoms with Gasteiger partial charge in [-0.2, -0.15) is 0 Å². The number of amides is 1. The molecule has 0 aliphatic carbocycles. The Balaban J connectivity index is 2.00. The first-order valence-corrected chi connectivity index (χ1v) is 7.12. The van der Waals surface area contributed by atoms with E-state index in [2.05, 4.69) is 10.3 Å². The van der Waals surface area contributed by atoms with Gasteiger partial charge < -0.3 is 10.2 Å². The number of hydrogen-bond donors (Lipinski definition) is 1. The lowest BCUT2D eigenvalue weighted by molar-refractivity contribution is -0.136. The first-order chi connectivity index (χ1) is 9.20. The molecule has 1 aliphatic heterocycles. The Morgan fingerprint density at radius 2 is 2.37 bits per heavy atom. The van der Waals surface area contributed by atoms with Crippen molar-refractivity contribution in [3.8, 4) is 0 Å². The van der Waals surface area contributed by atoms with Gasteiger partial charge in [0.25, 0.3) is 0 Å². The second-order valence-electron chi connectivity index (χ2n) is 5.17. The monoisotopic (exact) mass is 261 g/mol. The molecule has 4 heteroatoms. The predicted molar refractivity (Wildman–Crippen MR) is 75.7 cm³/mol. The summed E-state index contributed by atoms with van der Waals surface area (Å²) in [5.74, 6) is 0.400. The highest BCUT2D eigenvalue weighted by atomic mass is 16.2. The van der Waals surface area contributed by atoms with E-state index in [1.54, 1.807) is 0 Å². The van der Waals surface area contributed by atoms with Crippen molar-refractivity contribution < 1.29 is 4.79 Å². The Hall–Kier alpha value is -1.42. The molecule has 4 nitrogen and oxygen atoms in total. The van der Waals surface area contributed by atoms with Crippen molar-refractivity contribution in [2.45, 2.75) is 33.2 Å². The smallest absolute Gasteiger partial charge is 0.227 e. The summed E-state index contributed by atoms with van der Waals surface area (Å²) in [7, 11) is 0. The van der Waals surface area contributed by atoms with Gasteiger partial charge in [-0.15, -0.1) is 0 Å². The van der Waals surface area contributed by atoms with Gasteiger partial charge in [0.2, 0.25) is 5.91 Å². The normalized spacial score (nSPS) is 19.2. The Labute approximate surface area is 115 Å². The van der Waals surface area contributed by atoms with Crippen molar-refractivity contribution in [2.75, 3.05) is 19.6 Å². The number of hydrogen-bond acceptors (Lipinski definition) is 3. The summed E-state index contributed by atoms with van der Waals surface area (Å²) >= 11 is 0. The third kappa shape index (κ3) is 3.77. The molecular formula is C15H23N3O. The summed E-state index contributed by atoms with van der Waals surface area (Å²) in [6, 6.07) is 5.97. The van der Waals surface area contributed by atoms with Crippen LogP contribution in [0.5, 0.6) is 0 Å². The van der Waals surface area contributed by atoms with Crippen LogP contribution in [-0.2, 0) is 11.3 Å². The summed E-state index contributed by atoms with van der Waals surface area (Å²) in [4.78, 5) is 18.9. The topological polar surface area (TPSA) is 45.2 Å². The number of nitrogens with zero attached hydrogens (tertiary/aromatic N) is 2. The van der Waals surface area contributed by atoms with E-state index in [9.17, 15) is 4.79 Å². The Kier molecular flexibility index (Phi) is 4.91. The zero-order valence-corrected chi connectivity index (χ0v) is 11.9. The van der Waals surface area contributed by atoms with Crippen molar-refractivity contribution in [3.63, 3.8) is 0 Å². The second-order valence-corrected chi connectivity index (χ2v) is 5.17. The SMILES string of the molecule is CCN(Cc1cccc(C)n1)C(=O)[C@@H]1CCCNC1. The van der Waals surface area contributed by atoms with E-state index in [4.69, 9.17) is 0 Å². The van der Waals surface area contributed by atoms with Crippen molar-refractivity contribution in [3.05, 3.63) is 29.6 Å². The molecule has 0 saturated carbocycles. The van der Waals surface area contributed by atoms with Crippen molar-refractivity contribution >= 4 is 5.91 Å². The van der Waals surface area contributed by atoms with Crippen molar-refractivity contribution in [1.29, 1.82) is 0 Å². The molecule has 0 radical (unpaired) electrons. The zero-order valence-electron chi connectivity index (χ0n) is 11.9. The summed E-state index contributed by atoms with van der Waals surface area (Å²) in [5.41, 5.74) is 1.97. The molecule has 0 aromatic carbocycles. The highest BCUT2D eigenvalue weighted by molar-refractivity contribution is 5.79. The molecule has 1 amide bonds. The molecule has 1 aliphatic rings. The second kappa shape index (κ2) is 6.66. The Bertz CT molecular complexity index is 427. The molecule has 1 fully saturated rings. The Morgan fingerprint density at radius 1 is 1.53 bits per heavy atom. The maximum Gasteiger partial charge on any atom is 0.227 e. The summed E-state index contributed by atoms with van der Waals surface area (Å²) in [6.07, 6.45) is 2.10. The minimum Gasteiger partial charge on any atom is -0.337 e. The van der Waals surface area contributed by atoms with Crippen LogP contribution in [0.3, 0.4) is 0 Å². The van der Waals surface area contributed by atoms with E-state index in [0.717, 1.165) is 43.9 Å². The number of aryl methyl sites for hydroxylation is 1. The molecule has 19 heavy (non-hydrogen) atoms. The Morgan fingerprint density at radius 3 is 3.00 bits per heavy atom. The van der Waals surface area contributed by atoms with Crippen LogP contribution in [0.15, 0.2) is 18.2 Å². The molecule has 1 atom stereocenters. The van der Waals surface area contributed by atoms with Gasteiger partial charge in [-0.1, -0.05) is 6.07 Å². The van der Waals surface area contributed by atoms with E-state index >= 15 is 0 Å². The number of carbonyl (C=O) groups excluding carboxylic acids is 1. The van der Waals surface area contributed by atoms with Crippen LogP contribution in [0.1, 0.15) is 31.2 Å². The van der Waals surface area contributed by atoms with Crippen LogP contribution in [-0.4, -0.2) is 35.4 Å². The third-order valence-electron chi connectivity index (χ3n) is 3.64. The standard InChI is InChI=1S/C15H23N3O/c1-3-18(11-14-8-4-6-12(2)17-14)15(19)13-7-5-9-16-10-13/h4,6,8,13,16H,3,5,7,9-11H2,1-2H3/t13-/m1/s1. The van der Waals surface area contributed by atoms with Gasteiger partial charge in [-0.3, -0.25) is 9.78 Å². The molecule has 1 aromatic rings. The molecule has 2 heterocycles. The lowest BCUT2D eigenvalue weighted by Gasteiger charge is -2.28. The van der Waals surface area contributed by atoms with E-state index in [1.807, 2.05) is 36.9 Å². The van der Waals surface area contributed by atoms with E-state index in [0.29, 0.717) is 6.54 Å². The van der Waals surface area contributed by atoms with E-state index in [-0.39, 0.29) is 11.8 Å². The minimum absolute atomic E-state index is 0.138. The fourth-order valence-corrected chi connectivity index (χ4v) is 2.55. The first kappa shape index (κ1) is 14.0. The van der Waals surface area contributed by atoms with Crippen molar-refractivity contribution in [2.24, 2.45) is 5.92 Å². The molecule has 1 N–H and O–H groups in total. The van der Waals surface area contributed by atoms with Gasteiger partial charge >= 0.3 is 0 Å². The molecule has 0 bridgehead atoms. The third-order valence-corrected chi connectivity index (χ3v) is 3.64. The molecular weight excluding hydrogens is 238 g/mol. The average molecular weight is 261 g/mol. The van der Waals surface area contributed by atoms with E-state index in [1.165, 1.54) is 0 Å². The highest BCUT2D eigenvalue weighted by Crippen LogP contribution is 2.15. The van der Waals surface area contributed by atoms with Crippen LogP contribution in [0.25, 0.3) is 0 Å². The number of aromatic nitrogens is 1. The number of carbonyl (C=O) groups is 1. The fraction of sp³-hybridized carbons (Fsp3) is 0.600. The van der Waals surface area contributed by atoms with Crippen molar-refractivity contribution in [1.82, 2.24) is 15.2 Å². The lowest BCUT2D eigenvalue weighted by Crippen LogP contribution is -2.42. The molecule has 1 saturated heterocycles. The van der Waals surface area contributed by atoms with Crippen LogP contribution in [0.2, 0.25) is 0 Å². The summed E-state index contributed by atoms with van der Waals surface area (Å²) in [6.45, 7) is 7.22. The molecule has 2 rings (SSSR count). The van der Waals surface area contributed by atoms with Gasteiger partial charge in [0, 0.05) is 18.8 Å². The average Bonchev–Trinajstić information content (AvgIpc) is 2.45. The van der Waals surface area contributed by atoms with Crippen LogP contribution < -0.4 is 5.32 Å². The van der Waals surface area contributed by atoms with Crippen LogP contribution in [0, 0.1) is 12.8 Å². The number of rotatable bonds is 4. The fourth-order valence-electron chi connectivity index (χ4n) is 2.55. The van der Waals surface area contributed by atoms with Gasteiger partial charge in [0.1, 0.15) is 0 Å². The molecule has 0 spiro atoms. The quantitative estimate of drug-likeness (QED) is 0.898. The maximum atomic E-state index is 12.5. The molecule has 0 unspecified atom stereocenters. The first-order valence-electron chi connectivity index (χ1n) is 7.12. The minimum atomic E-state index is 0.138. The van der Waals surface area contributed by atoms with Gasteiger partial charge in [-0.25, -0.2) is 0 Å². The molecule has 104 valence electrons. The van der Waals surface area contributed by atoms with Gasteiger partial charge in [0.15, 0.2) is 0 Å². The number of nitrogens with one attached hydrogen (secondary N) is 1. The van der Waals surface area contributed by atoms with Crippen LogP contribution in [0.4, 0.5) is 0 Å². The predicted octanol–water partition coefficient (Wildman–Crippen LogP) is 1.74. The summed E-state index contributed by atoms with van der Waals surface area (Å²) in [5, 5.41) is 3.30. The maximum absolute atomic E-state index is 12.5. The summed E-state index contributed by atoms with van der Waals surface area (Å²) < 4.78 is 0. The molecule has 1 aromatic heterocycles. The lowest BCUT2D eigenvalue weighted by atomic mass is 9.98. The van der Waals surface area contributed by atoms with Gasteiger partial charge in [0.05, 0.1) is 18.2 Å². The van der Waals surface area contributed by atoms with E-state index < -0.39 is 0 Å². The largest absolute Gasteiger partial charge is 0.337 e. The van der Waals surface area contributed by atoms with Crippen LogP contribution >= 0.6 is 0 Å². The highest BCUT2D eigenvalue weighted by Gasteiger charge is 2.25. The van der Waals surface area contributed by atoms with Gasteiger partial charge in [-0.05, 0) is 45.4 Å².